The van der Waals surface area contributed by atoms with Gasteiger partial charge >= 0.3 is 0 Å². The predicted octanol–water partition coefficient (Wildman–Crippen LogP) is -0.695. The molecule has 84 valence electrons. The Morgan fingerprint density at radius 3 is 2.43 bits per heavy atom. The molecule has 0 aliphatic carbocycles. The van der Waals surface area contributed by atoms with Crippen molar-refractivity contribution in [2.24, 2.45) is 5.73 Å². The molecule has 0 aliphatic rings. The van der Waals surface area contributed by atoms with E-state index in [1.54, 1.807) is 6.92 Å². The normalized spacial score (nSPS) is 14.3. The van der Waals surface area contributed by atoms with Gasteiger partial charge in [-0.25, -0.2) is 8.42 Å². The number of likely N-dealkylation sites (N-methyl/N-ethyl adjacent to an activating group) is 1. The Labute approximate surface area is 89.9 Å². The smallest absolute Gasteiger partial charge is 0.223 e. The van der Waals surface area contributed by atoms with E-state index in [-0.39, 0.29) is 18.1 Å². The maximum atomic E-state index is 11.7. The molecular formula is C7H16N2O3S2. The number of sulfonamides is 1. The van der Waals surface area contributed by atoms with Crippen LogP contribution in [0.1, 0.15) is 13.8 Å². The summed E-state index contributed by atoms with van der Waals surface area (Å²) in [5.74, 6) is 0. The molecule has 5 nitrogen and oxygen atoms in total. The van der Waals surface area contributed by atoms with Crippen LogP contribution in [-0.4, -0.2) is 47.8 Å². The molecule has 0 rings (SSSR count). The van der Waals surface area contributed by atoms with Crippen LogP contribution >= 0.6 is 12.2 Å². The Bertz CT molecular complexity index is 289. The fourth-order valence-electron chi connectivity index (χ4n) is 0.947. The van der Waals surface area contributed by atoms with Gasteiger partial charge in [0.05, 0.1) is 11.6 Å². The monoisotopic (exact) mass is 240 g/mol. The molecule has 7 heteroatoms. The number of thiocarbonyl (C=S) groups is 1. The predicted molar refractivity (Wildman–Crippen MR) is 59.5 cm³/mol. The lowest BCUT2D eigenvalue weighted by Gasteiger charge is -2.22. The first-order valence-electron chi connectivity index (χ1n) is 4.27. The summed E-state index contributed by atoms with van der Waals surface area (Å²) < 4.78 is 24.6. The Kier molecular flexibility index (Phi) is 5.50. The van der Waals surface area contributed by atoms with Crippen molar-refractivity contribution in [3.63, 3.8) is 0 Å². The van der Waals surface area contributed by atoms with Gasteiger partial charge in [-0.05, 0) is 6.92 Å². The fourth-order valence-corrected chi connectivity index (χ4v) is 2.75. The number of rotatable bonds is 6. The minimum atomic E-state index is -3.51. The van der Waals surface area contributed by atoms with E-state index in [9.17, 15) is 8.42 Å². The molecule has 0 spiro atoms. The van der Waals surface area contributed by atoms with Crippen LogP contribution in [0.15, 0.2) is 0 Å². The molecule has 0 aliphatic heterocycles. The van der Waals surface area contributed by atoms with Gasteiger partial charge in [0, 0.05) is 13.1 Å². The molecule has 0 aromatic carbocycles. The van der Waals surface area contributed by atoms with Gasteiger partial charge in [0.2, 0.25) is 10.0 Å². The SMILES string of the molecule is CCN(CCO)S(=O)(=O)C(C)C(N)=S. The lowest BCUT2D eigenvalue weighted by molar-refractivity contribution is 0.257. The highest BCUT2D eigenvalue weighted by molar-refractivity contribution is 7.92. The molecular weight excluding hydrogens is 224 g/mol. The summed E-state index contributed by atoms with van der Waals surface area (Å²) in [5.41, 5.74) is 5.27. The van der Waals surface area contributed by atoms with E-state index >= 15 is 0 Å². The number of nitrogens with zero attached hydrogens (tertiary/aromatic N) is 1. The van der Waals surface area contributed by atoms with Crippen molar-refractivity contribution in [3.05, 3.63) is 0 Å². The molecule has 0 bridgehead atoms. The molecule has 0 amide bonds. The number of hydrogen-bond donors (Lipinski definition) is 2. The van der Waals surface area contributed by atoms with Gasteiger partial charge < -0.3 is 10.8 Å². The number of aliphatic hydroxyl groups excluding tert-OH is 1. The first-order valence-corrected chi connectivity index (χ1v) is 6.18. The van der Waals surface area contributed by atoms with Gasteiger partial charge in [-0.2, -0.15) is 4.31 Å². The first kappa shape index (κ1) is 13.8. The topological polar surface area (TPSA) is 83.6 Å². The van der Waals surface area contributed by atoms with Crippen molar-refractivity contribution in [2.45, 2.75) is 19.1 Å². The van der Waals surface area contributed by atoms with Crippen LogP contribution in [0.25, 0.3) is 0 Å². The first-order chi connectivity index (χ1) is 6.37. The zero-order valence-corrected chi connectivity index (χ0v) is 9.94. The summed E-state index contributed by atoms with van der Waals surface area (Å²) in [5, 5.41) is 7.80. The summed E-state index contributed by atoms with van der Waals surface area (Å²) in [4.78, 5) is -0.0543. The molecule has 0 saturated carbocycles. The van der Waals surface area contributed by atoms with E-state index < -0.39 is 15.3 Å². The van der Waals surface area contributed by atoms with E-state index in [1.165, 1.54) is 6.92 Å². The van der Waals surface area contributed by atoms with Gasteiger partial charge in [0.25, 0.3) is 0 Å². The van der Waals surface area contributed by atoms with Crippen molar-refractivity contribution in [2.75, 3.05) is 19.7 Å². The fraction of sp³-hybridized carbons (Fsp3) is 0.857. The summed E-state index contributed by atoms with van der Waals surface area (Å²) in [6.45, 7) is 3.30. The van der Waals surface area contributed by atoms with Crippen LogP contribution in [-0.2, 0) is 10.0 Å². The standard InChI is InChI=1S/C7H16N2O3S2/c1-3-9(4-5-10)14(11,12)6(2)7(8)13/h6,10H,3-5H2,1-2H3,(H2,8,13). The molecule has 0 radical (unpaired) electrons. The van der Waals surface area contributed by atoms with Crippen LogP contribution < -0.4 is 5.73 Å². The van der Waals surface area contributed by atoms with Crippen molar-refractivity contribution < 1.29 is 13.5 Å². The minimum absolute atomic E-state index is 0.0543. The van der Waals surface area contributed by atoms with Gasteiger partial charge in [-0.3, -0.25) is 0 Å². The average Bonchev–Trinajstić information content (AvgIpc) is 2.12. The zero-order chi connectivity index (χ0) is 11.4. The molecule has 0 heterocycles. The number of aliphatic hydroxyl groups is 1. The van der Waals surface area contributed by atoms with Gasteiger partial charge in [0.15, 0.2) is 0 Å². The lowest BCUT2D eigenvalue weighted by atomic mass is 10.5. The molecule has 0 fully saturated rings. The third-order valence-corrected chi connectivity index (χ3v) is 4.72. The summed E-state index contributed by atoms with van der Waals surface area (Å²) in [6.07, 6.45) is 0. The Hall–Kier alpha value is -0.240. The van der Waals surface area contributed by atoms with Gasteiger partial charge in [-0.15, -0.1) is 0 Å². The van der Waals surface area contributed by atoms with Crippen LogP contribution in [0.3, 0.4) is 0 Å². The van der Waals surface area contributed by atoms with Crippen molar-refractivity contribution in [1.29, 1.82) is 0 Å². The maximum absolute atomic E-state index is 11.7. The summed E-state index contributed by atoms with van der Waals surface area (Å²) in [7, 11) is -3.51. The Morgan fingerprint density at radius 1 is 1.64 bits per heavy atom. The van der Waals surface area contributed by atoms with Gasteiger partial charge in [0.1, 0.15) is 5.25 Å². The van der Waals surface area contributed by atoms with E-state index in [0.29, 0.717) is 6.54 Å². The number of hydrogen-bond acceptors (Lipinski definition) is 4. The molecule has 14 heavy (non-hydrogen) atoms. The summed E-state index contributed by atoms with van der Waals surface area (Å²) in [6, 6.07) is 0. The quantitative estimate of drug-likeness (QED) is 0.600. The highest BCUT2D eigenvalue weighted by Gasteiger charge is 2.28. The second kappa shape index (κ2) is 5.59. The van der Waals surface area contributed by atoms with Crippen LogP contribution in [0.4, 0.5) is 0 Å². The largest absolute Gasteiger partial charge is 0.395 e. The molecule has 0 aromatic heterocycles. The van der Waals surface area contributed by atoms with Crippen molar-refractivity contribution >= 4 is 27.2 Å². The van der Waals surface area contributed by atoms with Crippen LogP contribution in [0.5, 0.6) is 0 Å². The van der Waals surface area contributed by atoms with Crippen molar-refractivity contribution in [3.8, 4) is 0 Å². The molecule has 1 atom stereocenters. The number of nitrogens with two attached hydrogens (primary N) is 1. The van der Waals surface area contributed by atoms with Crippen LogP contribution in [0.2, 0.25) is 0 Å². The second-order valence-electron chi connectivity index (χ2n) is 2.80. The zero-order valence-electron chi connectivity index (χ0n) is 8.30. The molecule has 0 aromatic rings. The molecule has 0 saturated heterocycles. The highest BCUT2D eigenvalue weighted by Crippen LogP contribution is 2.08. The summed E-state index contributed by atoms with van der Waals surface area (Å²) >= 11 is 4.63. The third kappa shape index (κ3) is 3.16. The third-order valence-electron chi connectivity index (χ3n) is 1.91. The Balaban J connectivity index is 4.82. The molecule has 3 N–H and O–H groups in total. The lowest BCUT2D eigenvalue weighted by Crippen LogP contribution is -2.44. The van der Waals surface area contributed by atoms with E-state index in [2.05, 4.69) is 12.2 Å². The van der Waals surface area contributed by atoms with Crippen LogP contribution in [0, 0.1) is 0 Å². The molecule has 1 unspecified atom stereocenters. The van der Waals surface area contributed by atoms with E-state index in [1.807, 2.05) is 0 Å². The maximum Gasteiger partial charge on any atom is 0.223 e. The second-order valence-corrected chi connectivity index (χ2v) is 5.53. The average molecular weight is 240 g/mol. The highest BCUT2D eigenvalue weighted by atomic mass is 32.2. The van der Waals surface area contributed by atoms with Crippen molar-refractivity contribution in [1.82, 2.24) is 4.31 Å². The van der Waals surface area contributed by atoms with E-state index in [4.69, 9.17) is 10.8 Å². The van der Waals surface area contributed by atoms with E-state index in [0.717, 1.165) is 4.31 Å². The van der Waals surface area contributed by atoms with Gasteiger partial charge in [-0.1, -0.05) is 19.1 Å². The Morgan fingerprint density at radius 2 is 2.14 bits per heavy atom. The minimum Gasteiger partial charge on any atom is -0.395 e.